The highest BCUT2D eigenvalue weighted by atomic mass is 16.5. The average Bonchev–Trinajstić information content (AvgIpc) is 3.24. The topological polar surface area (TPSA) is 44.1 Å². The van der Waals surface area contributed by atoms with Crippen molar-refractivity contribution in [3.63, 3.8) is 0 Å². The lowest BCUT2D eigenvalue weighted by molar-refractivity contribution is 0.0599. The first-order chi connectivity index (χ1) is 15.7. The molecule has 4 heteroatoms. The van der Waals surface area contributed by atoms with E-state index in [0.717, 1.165) is 38.6 Å². The Morgan fingerprint density at radius 2 is 1.72 bits per heavy atom. The highest BCUT2D eigenvalue weighted by molar-refractivity contribution is 5.91. The number of ether oxygens (including phenoxy) is 1. The van der Waals surface area contributed by atoms with Gasteiger partial charge < -0.3 is 9.30 Å². The van der Waals surface area contributed by atoms with Crippen LogP contribution in [0.5, 0.6) is 0 Å². The third-order valence-corrected chi connectivity index (χ3v) is 5.63. The van der Waals surface area contributed by atoms with Crippen molar-refractivity contribution in [2.75, 3.05) is 7.11 Å². The van der Waals surface area contributed by atoms with Crippen molar-refractivity contribution in [2.24, 2.45) is 0 Å². The van der Waals surface area contributed by atoms with Gasteiger partial charge in [-0.05, 0) is 52.9 Å². The fourth-order valence-electron chi connectivity index (χ4n) is 3.95. The van der Waals surface area contributed by atoms with Crippen LogP contribution in [0.2, 0.25) is 0 Å². The first-order valence-corrected chi connectivity index (χ1v) is 10.5. The van der Waals surface area contributed by atoms with Gasteiger partial charge >= 0.3 is 5.97 Å². The summed E-state index contributed by atoms with van der Waals surface area (Å²) in [4.78, 5) is 16.9. The molecule has 4 nitrogen and oxygen atoms in total. The van der Waals surface area contributed by atoms with Gasteiger partial charge in [0.1, 0.15) is 0 Å². The number of para-hydroxylation sites is 1. The van der Waals surface area contributed by atoms with Gasteiger partial charge in [-0.1, -0.05) is 60.7 Å². The molecule has 0 amide bonds. The molecule has 0 aliphatic carbocycles. The molecule has 5 aromatic rings. The molecule has 0 aliphatic rings. The van der Waals surface area contributed by atoms with E-state index in [-0.39, 0.29) is 5.97 Å². The van der Waals surface area contributed by atoms with Gasteiger partial charge in [-0.25, -0.2) is 9.78 Å². The third-order valence-electron chi connectivity index (χ3n) is 5.63. The van der Waals surface area contributed by atoms with E-state index < -0.39 is 0 Å². The van der Waals surface area contributed by atoms with Gasteiger partial charge in [0.25, 0.3) is 0 Å². The maximum Gasteiger partial charge on any atom is 0.338 e. The van der Waals surface area contributed by atoms with Crippen molar-refractivity contribution in [1.29, 1.82) is 0 Å². The largest absolute Gasteiger partial charge is 0.465 e. The molecule has 5 rings (SSSR count). The zero-order valence-corrected chi connectivity index (χ0v) is 17.7. The highest BCUT2D eigenvalue weighted by Gasteiger charge is 2.12. The number of aromatic nitrogens is 2. The standard InChI is InChI=1S/C28H22N2O2/c1-32-28(31)25-8-4-2-7-23(25)19-30-17-16-22-12-10-20(18-27(22)30)11-14-24-15-13-21-6-3-5-9-26(21)29-24/h2-18H,19H2,1H3/b14-11+. The number of pyridine rings is 1. The number of fused-ring (bicyclic) bond motifs is 2. The van der Waals surface area contributed by atoms with E-state index in [2.05, 4.69) is 53.2 Å². The minimum Gasteiger partial charge on any atom is -0.465 e. The van der Waals surface area contributed by atoms with Crippen LogP contribution in [0, 0.1) is 0 Å². The number of esters is 1. The monoisotopic (exact) mass is 418 g/mol. The molecule has 32 heavy (non-hydrogen) atoms. The number of hydrogen-bond acceptors (Lipinski definition) is 3. The van der Waals surface area contributed by atoms with E-state index in [0.29, 0.717) is 12.1 Å². The molecule has 156 valence electrons. The van der Waals surface area contributed by atoms with Crippen LogP contribution in [-0.2, 0) is 11.3 Å². The van der Waals surface area contributed by atoms with Gasteiger partial charge in [-0.2, -0.15) is 0 Å². The van der Waals surface area contributed by atoms with Crippen LogP contribution >= 0.6 is 0 Å². The fraction of sp³-hybridized carbons (Fsp3) is 0.0714. The summed E-state index contributed by atoms with van der Waals surface area (Å²) in [6.45, 7) is 0.591. The Balaban J connectivity index is 1.45. The molecule has 0 bridgehead atoms. The smallest absolute Gasteiger partial charge is 0.338 e. The summed E-state index contributed by atoms with van der Waals surface area (Å²) in [5.74, 6) is -0.316. The van der Waals surface area contributed by atoms with Gasteiger partial charge in [0.15, 0.2) is 0 Å². The van der Waals surface area contributed by atoms with Crippen molar-refractivity contribution >= 4 is 39.9 Å². The van der Waals surface area contributed by atoms with Crippen LogP contribution in [0.4, 0.5) is 0 Å². The summed E-state index contributed by atoms with van der Waals surface area (Å²) >= 11 is 0. The SMILES string of the molecule is COC(=O)c1ccccc1Cn1ccc2ccc(/C=C/c3ccc4ccccc4n3)cc21. The van der Waals surface area contributed by atoms with Crippen LogP contribution in [0.25, 0.3) is 34.0 Å². The molecule has 0 N–H and O–H groups in total. The summed E-state index contributed by atoms with van der Waals surface area (Å²) in [7, 11) is 1.41. The van der Waals surface area contributed by atoms with Gasteiger partial charge in [0.2, 0.25) is 0 Å². The first-order valence-electron chi connectivity index (χ1n) is 10.5. The number of hydrogen-bond donors (Lipinski definition) is 0. The normalized spacial score (nSPS) is 11.4. The highest BCUT2D eigenvalue weighted by Crippen LogP contribution is 2.22. The Bertz CT molecular complexity index is 1460. The number of methoxy groups -OCH3 is 1. The number of nitrogens with zero attached hydrogens (tertiary/aromatic N) is 2. The second-order valence-corrected chi connectivity index (χ2v) is 7.67. The minimum atomic E-state index is -0.316. The number of carbonyl (C=O) groups excluding carboxylic acids is 1. The Labute approximate surface area is 186 Å². The lowest BCUT2D eigenvalue weighted by atomic mass is 10.1. The Morgan fingerprint density at radius 1 is 0.906 bits per heavy atom. The van der Waals surface area contributed by atoms with Crippen LogP contribution in [0.1, 0.15) is 27.2 Å². The zero-order chi connectivity index (χ0) is 21.9. The minimum absolute atomic E-state index is 0.316. The molecule has 0 spiro atoms. The summed E-state index contributed by atoms with van der Waals surface area (Å²) in [5.41, 5.74) is 5.63. The summed E-state index contributed by atoms with van der Waals surface area (Å²) in [6, 6.07) is 28.3. The molecule has 0 unspecified atom stereocenters. The maximum absolute atomic E-state index is 12.1. The van der Waals surface area contributed by atoms with E-state index in [1.165, 1.54) is 7.11 Å². The molecule has 0 saturated carbocycles. The molecular weight excluding hydrogens is 396 g/mol. The summed E-state index contributed by atoms with van der Waals surface area (Å²) < 4.78 is 7.10. The van der Waals surface area contributed by atoms with Crippen molar-refractivity contribution in [3.8, 4) is 0 Å². The lowest BCUT2D eigenvalue weighted by Gasteiger charge is -2.10. The van der Waals surface area contributed by atoms with Gasteiger partial charge in [-0.15, -0.1) is 0 Å². The van der Waals surface area contributed by atoms with Gasteiger partial charge in [0, 0.05) is 23.6 Å². The van der Waals surface area contributed by atoms with Crippen LogP contribution < -0.4 is 0 Å². The zero-order valence-electron chi connectivity index (χ0n) is 17.7. The molecule has 3 aromatic carbocycles. The molecule has 2 heterocycles. The number of benzene rings is 3. The van der Waals surface area contributed by atoms with Crippen molar-refractivity contribution in [3.05, 3.63) is 114 Å². The maximum atomic E-state index is 12.1. The number of carbonyl (C=O) groups is 1. The fourth-order valence-corrected chi connectivity index (χ4v) is 3.95. The van der Waals surface area contributed by atoms with E-state index in [9.17, 15) is 4.79 Å². The van der Waals surface area contributed by atoms with E-state index in [4.69, 9.17) is 9.72 Å². The van der Waals surface area contributed by atoms with E-state index >= 15 is 0 Å². The third kappa shape index (κ3) is 3.91. The summed E-state index contributed by atoms with van der Waals surface area (Å²) in [6.07, 6.45) is 6.17. The van der Waals surface area contributed by atoms with Crippen molar-refractivity contribution < 1.29 is 9.53 Å². The molecule has 0 fully saturated rings. The van der Waals surface area contributed by atoms with E-state index in [1.54, 1.807) is 6.07 Å². The van der Waals surface area contributed by atoms with Crippen LogP contribution in [-0.4, -0.2) is 22.6 Å². The first kappa shape index (κ1) is 19.8. The lowest BCUT2D eigenvalue weighted by Crippen LogP contribution is -2.08. The Hall–Kier alpha value is -4.18. The quantitative estimate of drug-likeness (QED) is 0.320. The average molecular weight is 418 g/mol. The molecule has 2 aromatic heterocycles. The Morgan fingerprint density at radius 3 is 2.62 bits per heavy atom. The molecule has 0 saturated heterocycles. The van der Waals surface area contributed by atoms with Gasteiger partial charge in [0.05, 0.1) is 23.9 Å². The molecule has 0 radical (unpaired) electrons. The van der Waals surface area contributed by atoms with E-state index in [1.807, 2.05) is 48.5 Å². The summed E-state index contributed by atoms with van der Waals surface area (Å²) in [5, 5.41) is 2.29. The predicted molar refractivity (Wildman–Crippen MR) is 129 cm³/mol. The Kier molecular flexibility index (Phi) is 5.26. The predicted octanol–water partition coefficient (Wildman–Crippen LogP) is 6.19. The van der Waals surface area contributed by atoms with Crippen molar-refractivity contribution in [1.82, 2.24) is 9.55 Å². The second kappa shape index (κ2) is 8.52. The van der Waals surface area contributed by atoms with Crippen LogP contribution in [0.3, 0.4) is 0 Å². The number of rotatable bonds is 5. The molecule has 0 aliphatic heterocycles. The van der Waals surface area contributed by atoms with Crippen LogP contribution in [0.15, 0.2) is 91.1 Å². The second-order valence-electron chi connectivity index (χ2n) is 7.67. The molecule has 0 atom stereocenters. The van der Waals surface area contributed by atoms with Gasteiger partial charge in [-0.3, -0.25) is 0 Å². The van der Waals surface area contributed by atoms with Crippen molar-refractivity contribution in [2.45, 2.75) is 6.54 Å². The molecular formula is C28H22N2O2.